The van der Waals surface area contributed by atoms with Crippen LogP contribution in [0.1, 0.15) is 182 Å². The van der Waals surface area contributed by atoms with E-state index in [2.05, 4.69) is 91.2 Å². The number of imide groups is 4. The number of halogens is 1. The molecule has 0 unspecified atom stereocenters. The van der Waals surface area contributed by atoms with Crippen molar-refractivity contribution in [2.45, 2.75) is 79.7 Å². The van der Waals surface area contributed by atoms with E-state index < -0.39 is 47.3 Å². The maximum absolute atomic E-state index is 13.3. The van der Waals surface area contributed by atoms with Crippen molar-refractivity contribution in [2.75, 3.05) is 121 Å². The van der Waals surface area contributed by atoms with Crippen molar-refractivity contribution >= 4 is 165 Å². The van der Waals surface area contributed by atoms with Gasteiger partial charge in [-0.1, -0.05) is 165 Å². The second-order valence-corrected chi connectivity index (χ2v) is 32.3. The van der Waals surface area contributed by atoms with E-state index in [1.165, 1.54) is 64.9 Å². The lowest BCUT2D eigenvalue weighted by atomic mass is 10.1. The van der Waals surface area contributed by atoms with Crippen LogP contribution in [0.15, 0.2) is 279 Å². The number of benzene rings is 8. The highest BCUT2D eigenvalue weighted by Gasteiger charge is 2.40. The Balaban J connectivity index is 0.000000157. The van der Waals surface area contributed by atoms with Crippen molar-refractivity contribution < 1.29 is 71.8 Å². The standard InChI is InChI=1S/C23H23N5O2.C19H15ClN4O2.C19H15N3O2.C15H21N5O3.2C14H12N4O3.C2H6/c24-19-16-20(27-14-8-3-9-15-27)26-23(25-19)28(21(29)17-10-4-1-5-11-17)22(30)18-12-6-2-7-13-18;1-24(18(26)14-10-6-3-7-11-14)19-21-15(20)12-16(23-19)22-17(25)13-8-4-2-5-9-13;23-18(14-8-3-1-4-9-14)21-16-12-7-13-17(20-16)22-19(24)15-10-5-2-6-11-15;1-10(21)16-13-9-14(19-7-5-4-6-8-19)18-15(17-13)20(11(2)22)12(3)23;1-15-14-16-10(7-11(17-14)21-2)18-12(19)8-5-3-4-6-9(8)13(18)20;1-21-11-6-8(7-15)16-14(17-11)18-12(19)9-4-2-3-5-10(9)13(18)20;1-2/h1-2,4-7,10-13,16H,3,8-9,14-15H2,(H2,24,25,26);2-12H,1H3,(H,21,22,23,25);1-13H,(H2,20,21,22,23,24);9H,4-8H2,1-3H3,(H,16,17,18,21);3-7H,1-2H3,(H,15,16,17);2-6H,7,15H2,1H3;1-2H3. The van der Waals surface area contributed by atoms with Crippen molar-refractivity contribution in [2.24, 2.45) is 5.73 Å². The van der Waals surface area contributed by atoms with Gasteiger partial charge in [0.25, 0.3) is 59.1 Å². The summed E-state index contributed by atoms with van der Waals surface area (Å²) in [5.74, 6) is -1.40. The van der Waals surface area contributed by atoms with E-state index in [-0.39, 0.29) is 106 Å². The van der Waals surface area contributed by atoms with Crippen molar-refractivity contribution in [1.29, 1.82) is 0 Å². The molecule has 0 atom stereocenters. The smallest absolute Gasteiger partial charge is 0.268 e. The summed E-state index contributed by atoms with van der Waals surface area (Å²) >= 11 is 6.03. The number of carbonyl (C=O) groups excluding carboxylic acids is 13. The molecule has 0 aliphatic carbocycles. The van der Waals surface area contributed by atoms with E-state index in [4.69, 9.17) is 32.5 Å². The number of amides is 13. The maximum Gasteiger partial charge on any atom is 0.268 e. The lowest BCUT2D eigenvalue weighted by molar-refractivity contribution is -0.124. The van der Waals surface area contributed by atoms with E-state index >= 15 is 0 Å². The molecule has 147 heavy (non-hydrogen) atoms. The molecule has 41 heteroatoms. The molecule has 0 saturated carbocycles. The highest BCUT2D eigenvalue weighted by Crippen LogP contribution is 2.33. The molecule has 2 fully saturated rings. The van der Waals surface area contributed by atoms with Crippen molar-refractivity contribution in [3.63, 3.8) is 0 Å². The van der Waals surface area contributed by atoms with Gasteiger partial charge in [-0.3, -0.25) is 67.2 Å². The van der Waals surface area contributed by atoms with E-state index in [1.807, 2.05) is 50.2 Å². The molecule has 0 bridgehead atoms. The zero-order valence-electron chi connectivity index (χ0n) is 81.5. The van der Waals surface area contributed by atoms with Crippen LogP contribution in [-0.2, 0) is 20.9 Å². The summed E-state index contributed by atoms with van der Waals surface area (Å²) in [6, 6.07) is 78.5. The lowest BCUT2D eigenvalue weighted by Crippen LogP contribution is -2.39. The Morgan fingerprint density at radius 1 is 0.367 bits per heavy atom. The van der Waals surface area contributed by atoms with E-state index in [1.54, 1.807) is 245 Å². The normalized spacial score (nSPS) is 12.3. The molecule has 6 aromatic heterocycles. The zero-order valence-corrected chi connectivity index (χ0v) is 82.3. The maximum atomic E-state index is 13.3. The molecule has 9 N–H and O–H groups in total. The molecule has 0 spiro atoms. The van der Waals surface area contributed by atoms with E-state index in [0.717, 1.165) is 71.5 Å². The summed E-state index contributed by atoms with van der Waals surface area (Å²) in [5, 5.41) is 13.6. The molecule has 40 nitrogen and oxygen atoms in total. The van der Waals surface area contributed by atoms with Crippen LogP contribution >= 0.6 is 11.6 Å². The predicted molar refractivity (Wildman–Crippen MR) is 558 cm³/mol. The van der Waals surface area contributed by atoms with Gasteiger partial charge in [0, 0.05) is 131 Å². The van der Waals surface area contributed by atoms with Gasteiger partial charge in [-0.15, -0.1) is 0 Å². The minimum Gasteiger partial charge on any atom is -0.481 e. The third kappa shape index (κ3) is 28.4. The molecule has 18 rings (SSSR count). The molecule has 8 aromatic carbocycles. The van der Waals surface area contributed by atoms with Crippen LogP contribution < -0.4 is 81.8 Å². The first kappa shape index (κ1) is 107. The Hall–Kier alpha value is -18.7. The summed E-state index contributed by atoms with van der Waals surface area (Å²) in [5.41, 5.74) is 16.3. The number of nitrogen functional groups attached to an aromatic ring is 1. The molecule has 4 aliphatic rings. The molecule has 4 aliphatic heterocycles. The third-order valence-electron chi connectivity index (χ3n) is 21.8. The number of nitrogens with two attached hydrogens (primary N) is 2. The average molecular weight is 2000 g/mol. The van der Waals surface area contributed by atoms with Gasteiger partial charge in [-0.05, 0) is 148 Å². The highest BCUT2D eigenvalue weighted by atomic mass is 35.5. The SMILES string of the molecule is CC.CC(=O)Nc1cc(N2CCCCC2)nc(N(C(C)=O)C(C)=O)n1.CN(C(=O)c1ccccc1)c1nc(Cl)cc(NC(=O)c2ccccc2)n1.CNc1nc(OC)cc(N2C(=O)c3ccccc3C2=O)n1.COc1cc(CN)nc(N2C(=O)c3ccccc3C2=O)n1.Nc1cc(N2CCCCC2)nc(N(C(=O)c2ccccc2)C(=O)c2ccccc2)n1.O=C(Nc1cccc(NC(=O)c2ccccc2)n1)c1ccccc1. The minimum absolute atomic E-state index is 0.0155. The van der Waals surface area contributed by atoms with Gasteiger partial charge in [0.15, 0.2) is 5.82 Å². The van der Waals surface area contributed by atoms with E-state index in [9.17, 15) is 62.3 Å². The van der Waals surface area contributed by atoms with Crippen LogP contribution in [0.25, 0.3) is 0 Å². The monoisotopic (exact) mass is 2000 g/mol. The van der Waals surface area contributed by atoms with Crippen molar-refractivity contribution in [1.82, 2.24) is 54.8 Å². The van der Waals surface area contributed by atoms with Crippen LogP contribution in [0.2, 0.25) is 5.15 Å². The zero-order chi connectivity index (χ0) is 105. The van der Waals surface area contributed by atoms with Crippen molar-refractivity contribution in [3.8, 4) is 11.8 Å². The highest BCUT2D eigenvalue weighted by molar-refractivity contribution is 6.35. The number of ether oxygens (including phenoxy) is 2. The number of piperidine rings is 2. The molecule has 13 amide bonds. The Labute approximate surface area is 850 Å². The fourth-order valence-corrected chi connectivity index (χ4v) is 14.9. The first-order valence-electron chi connectivity index (χ1n) is 46.3. The molecule has 10 heterocycles. The Bertz CT molecular complexity index is 6710. The average Bonchev–Trinajstić information content (AvgIpc) is 1.62. The van der Waals surface area contributed by atoms with Gasteiger partial charge in [0.1, 0.15) is 45.9 Å². The van der Waals surface area contributed by atoms with Gasteiger partial charge in [-0.2, -0.15) is 39.9 Å². The number of nitrogens with one attached hydrogen (secondary N) is 5. The minimum atomic E-state index is -0.500. The summed E-state index contributed by atoms with van der Waals surface area (Å²) in [6.45, 7) is 11.5. The molecular formula is C106H104ClN25O15. The summed E-state index contributed by atoms with van der Waals surface area (Å²) < 4.78 is 10.1. The molecule has 750 valence electrons. The molecule has 0 radical (unpaired) electrons. The Morgan fingerprint density at radius 2 is 0.741 bits per heavy atom. The number of methoxy groups -OCH3 is 2. The number of pyridine rings is 1. The molecule has 14 aromatic rings. The van der Waals surface area contributed by atoms with Crippen LogP contribution in [0, 0.1) is 0 Å². The number of hydrogen-bond acceptors (Lipinski definition) is 31. The summed E-state index contributed by atoms with van der Waals surface area (Å²) in [4.78, 5) is 216. The fraction of sp³-hybridized carbons (Fsp3) is 0.189. The number of rotatable bonds is 21. The number of fused-ring (bicyclic) bond motifs is 2. The van der Waals surface area contributed by atoms with Gasteiger partial charge in [0.05, 0.1) is 42.2 Å². The van der Waals surface area contributed by atoms with Crippen LogP contribution in [0.4, 0.5) is 76.3 Å². The molecular weight excluding hydrogens is 1900 g/mol. The second-order valence-electron chi connectivity index (χ2n) is 31.9. The van der Waals surface area contributed by atoms with Crippen molar-refractivity contribution in [3.05, 3.63) is 346 Å². The summed E-state index contributed by atoms with van der Waals surface area (Å²) in [7, 11) is 6.08. The van der Waals surface area contributed by atoms with Crippen LogP contribution in [0.3, 0.4) is 0 Å². The van der Waals surface area contributed by atoms with Gasteiger partial charge in [-0.25, -0.2) is 34.6 Å². The van der Waals surface area contributed by atoms with E-state index in [0.29, 0.717) is 84.6 Å². The first-order chi connectivity index (χ1) is 71.1. The number of carbonyl (C=O) groups is 13. The number of hydrogen-bond donors (Lipinski definition) is 7. The first-order valence-corrected chi connectivity index (χ1v) is 46.7. The number of anilines is 13. The number of nitrogens with zero attached hydrogens (tertiary/aromatic N) is 18. The Morgan fingerprint density at radius 3 is 1.15 bits per heavy atom. The molecule has 2 saturated heterocycles. The lowest BCUT2D eigenvalue weighted by Gasteiger charge is -2.28. The van der Waals surface area contributed by atoms with Crippen LogP contribution in [-0.4, -0.2) is 186 Å². The van der Waals surface area contributed by atoms with Gasteiger partial charge >= 0.3 is 0 Å². The fourth-order valence-electron chi connectivity index (χ4n) is 14.7. The van der Waals surface area contributed by atoms with Gasteiger partial charge < -0.3 is 57.3 Å². The quantitative estimate of drug-likeness (QED) is 0.0259. The van der Waals surface area contributed by atoms with Gasteiger partial charge in [0.2, 0.25) is 59.2 Å². The predicted octanol–water partition coefficient (Wildman–Crippen LogP) is 15.2. The topological polar surface area (TPSA) is 517 Å². The third-order valence-corrected chi connectivity index (χ3v) is 21.9. The Kier molecular flexibility index (Phi) is 38.0. The number of aromatic nitrogens is 11. The second kappa shape index (κ2) is 52.1. The van der Waals surface area contributed by atoms with Crippen LogP contribution in [0.5, 0.6) is 11.8 Å². The largest absolute Gasteiger partial charge is 0.481 e. The summed E-state index contributed by atoms with van der Waals surface area (Å²) in [6.07, 6.45) is 6.58.